The Morgan fingerprint density at radius 1 is 1.05 bits per heavy atom. The summed E-state index contributed by atoms with van der Waals surface area (Å²) in [6.07, 6.45) is 1.64. The number of hydrogen-bond acceptors (Lipinski definition) is 6. The summed E-state index contributed by atoms with van der Waals surface area (Å²) in [6, 6.07) is 16.3. The molecule has 0 bridgehead atoms. The van der Waals surface area contributed by atoms with E-state index in [1.807, 2.05) is 30.3 Å². The maximum atomic E-state index is 8.98. The average molecular weight is 306 g/mol. The minimum Gasteiger partial charge on any atom is -0.468 e. The largest absolute Gasteiger partial charge is 0.468 e. The molecule has 0 radical (unpaired) electrons. The van der Waals surface area contributed by atoms with E-state index in [9.17, 15) is 0 Å². The van der Waals surface area contributed by atoms with Crippen molar-refractivity contribution in [2.24, 2.45) is 0 Å². The molecule has 0 spiro atoms. The Morgan fingerprint density at radius 3 is 2.32 bits per heavy atom. The molecule has 0 amide bonds. The van der Waals surface area contributed by atoms with Crippen molar-refractivity contribution in [2.75, 3.05) is 5.32 Å². The second kappa shape index (κ2) is 7.59. The zero-order valence-corrected chi connectivity index (χ0v) is 12.2. The van der Waals surface area contributed by atoms with Crippen molar-refractivity contribution in [2.45, 2.75) is 10.6 Å². The van der Waals surface area contributed by atoms with Gasteiger partial charge in [0.2, 0.25) is 0 Å². The molecule has 2 rings (SSSR count). The van der Waals surface area contributed by atoms with E-state index in [0.29, 0.717) is 5.69 Å². The molecule has 1 aromatic carbocycles. The predicted octanol–water partition coefficient (Wildman–Crippen LogP) is 3.81. The van der Waals surface area contributed by atoms with Crippen LogP contribution in [0.2, 0.25) is 0 Å². The molecule has 1 N–H and O–H groups in total. The summed E-state index contributed by atoms with van der Waals surface area (Å²) in [4.78, 5) is 1.05. The number of hydrogen-bond donors (Lipinski definition) is 1. The third kappa shape index (κ3) is 3.93. The Balaban J connectivity index is 2.03. The molecule has 0 unspecified atom stereocenters. The summed E-state index contributed by atoms with van der Waals surface area (Å²) >= 11 is 1.62. The number of allylic oxidation sites excluding steroid dienone is 2. The third-order valence-electron chi connectivity index (χ3n) is 2.67. The van der Waals surface area contributed by atoms with E-state index in [1.54, 1.807) is 42.3 Å². The highest BCUT2D eigenvalue weighted by Crippen LogP contribution is 2.24. The fraction of sp³-hybridized carbons (Fsp3) is 0.0625. The van der Waals surface area contributed by atoms with E-state index in [2.05, 4.69) is 5.32 Å². The molecular formula is C16H10N4OS. The first-order valence-corrected chi connectivity index (χ1v) is 7.22. The van der Waals surface area contributed by atoms with Crippen LogP contribution >= 0.6 is 11.8 Å². The molecule has 0 fully saturated rings. The maximum Gasteiger partial charge on any atom is 0.163 e. The monoisotopic (exact) mass is 306 g/mol. The molecule has 2 aromatic rings. The van der Waals surface area contributed by atoms with Gasteiger partial charge in [0.1, 0.15) is 29.7 Å². The summed E-state index contributed by atoms with van der Waals surface area (Å²) in [6.45, 7) is 0. The smallest absolute Gasteiger partial charge is 0.163 e. The van der Waals surface area contributed by atoms with Crippen LogP contribution in [0.15, 0.2) is 63.2 Å². The molecular weight excluding hydrogens is 296 g/mol. The van der Waals surface area contributed by atoms with Gasteiger partial charge < -0.3 is 9.73 Å². The SMILES string of the molecule is N#CC(C#N)=C(C#N)Nc1ccc(SCc2ccco2)cc1. The number of nitrogens with one attached hydrogen (secondary N) is 1. The molecule has 0 aliphatic heterocycles. The van der Waals surface area contributed by atoms with Gasteiger partial charge in [-0.2, -0.15) is 15.8 Å². The van der Waals surface area contributed by atoms with Crippen LogP contribution in [0.5, 0.6) is 0 Å². The van der Waals surface area contributed by atoms with Gasteiger partial charge in [0.15, 0.2) is 5.57 Å². The number of thioether (sulfide) groups is 1. The molecule has 0 aliphatic carbocycles. The Labute approximate surface area is 132 Å². The molecule has 0 aliphatic rings. The Hall–Kier alpha value is -3.14. The van der Waals surface area contributed by atoms with Crippen LogP contribution in [0.1, 0.15) is 5.76 Å². The van der Waals surface area contributed by atoms with Crippen molar-refractivity contribution in [1.29, 1.82) is 15.8 Å². The van der Waals surface area contributed by atoms with Crippen LogP contribution in [0.3, 0.4) is 0 Å². The number of anilines is 1. The normalized spacial score (nSPS) is 9.14. The van der Waals surface area contributed by atoms with Gasteiger partial charge in [0, 0.05) is 10.6 Å². The number of nitrogens with zero attached hydrogens (tertiary/aromatic N) is 3. The first-order valence-electron chi connectivity index (χ1n) is 6.23. The zero-order chi connectivity index (χ0) is 15.8. The van der Waals surface area contributed by atoms with Gasteiger partial charge in [0.25, 0.3) is 0 Å². The topological polar surface area (TPSA) is 96.5 Å². The van der Waals surface area contributed by atoms with Crippen LogP contribution in [0, 0.1) is 34.0 Å². The van der Waals surface area contributed by atoms with Crippen LogP contribution < -0.4 is 5.32 Å². The second-order valence-corrected chi connectivity index (χ2v) is 5.15. The number of furan rings is 1. The molecule has 106 valence electrons. The van der Waals surface area contributed by atoms with Gasteiger partial charge in [-0.05, 0) is 36.4 Å². The van der Waals surface area contributed by atoms with Gasteiger partial charge in [-0.3, -0.25) is 0 Å². The fourth-order valence-corrected chi connectivity index (χ4v) is 2.41. The molecule has 0 saturated carbocycles. The molecule has 0 saturated heterocycles. The third-order valence-corrected chi connectivity index (χ3v) is 3.70. The van der Waals surface area contributed by atoms with Gasteiger partial charge in [-0.25, -0.2) is 0 Å². The predicted molar refractivity (Wildman–Crippen MR) is 82.2 cm³/mol. The Bertz CT molecular complexity index is 771. The number of benzene rings is 1. The quantitative estimate of drug-likeness (QED) is 0.666. The highest BCUT2D eigenvalue weighted by molar-refractivity contribution is 7.98. The van der Waals surface area contributed by atoms with Crippen molar-refractivity contribution < 1.29 is 4.42 Å². The molecule has 0 atom stereocenters. The molecule has 6 heteroatoms. The molecule has 1 aromatic heterocycles. The standard InChI is InChI=1S/C16H10N4OS/c17-8-12(9-18)16(10-19)20-13-3-5-15(6-4-13)22-11-14-2-1-7-21-14/h1-7,20H,11H2. The van der Waals surface area contributed by atoms with Gasteiger partial charge >= 0.3 is 0 Å². The fourth-order valence-electron chi connectivity index (χ4n) is 1.61. The van der Waals surface area contributed by atoms with Crippen molar-refractivity contribution in [1.82, 2.24) is 0 Å². The first-order chi connectivity index (χ1) is 10.8. The molecule has 1 heterocycles. The zero-order valence-electron chi connectivity index (χ0n) is 11.4. The van der Waals surface area contributed by atoms with Crippen molar-refractivity contribution in [3.8, 4) is 18.2 Å². The highest BCUT2D eigenvalue weighted by Gasteiger charge is 2.06. The van der Waals surface area contributed by atoms with Crippen LogP contribution in [0.25, 0.3) is 0 Å². The summed E-state index contributed by atoms with van der Waals surface area (Å²) in [5.41, 5.74) is 0.349. The van der Waals surface area contributed by atoms with E-state index in [0.717, 1.165) is 16.4 Å². The van der Waals surface area contributed by atoms with E-state index < -0.39 is 0 Å². The van der Waals surface area contributed by atoms with E-state index in [1.165, 1.54) is 0 Å². The van der Waals surface area contributed by atoms with Gasteiger partial charge in [0.05, 0.1) is 12.0 Å². The van der Waals surface area contributed by atoms with E-state index in [-0.39, 0.29) is 11.3 Å². The van der Waals surface area contributed by atoms with Gasteiger partial charge in [-0.15, -0.1) is 11.8 Å². The lowest BCUT2D eigenvalue weighted by atomic mass is 10.2. The van der Waals surface area contributed by atoms with Crippen LogP contribution in [-0.4, -0.2) is 0 Å². The first kappa shape index (κ1) is 15.3. The second-order valence-electron chi connectivity index (χ2n) is 4.10. The summed E-state index contributed by atoms with van der Waals surface area (Å²) in [7, 11) is 0. The average Bonchev–Trinajstić information content (AvgIpc) is 3.07. The number of nitriles is 3. The Kier molecular flexibility index (Phi) is 5.26. The van der Waals surface area contributed by atoms with Crippen LogP contribution in [0.4, 0.5) is 5.69 Å². The van der Waals surface area contributed by atoms with Crippen molar-refractivity contribution in [3.05, 3.63) is 59.7 Å². The van der Waals surface area contributed by atoms with Crippen LogP contribution in [-0.2, 0) is 5.75 Å². The Morgan fingerprint density at radius 2 is 1.77 bits per heavy atom. The maximum absolute atomic E-state index is 8.98. The number of rotatable bonds is 5. The lowest BCUT2D eigenvalue weighted by molar-refractivity contribution is 0.530. The van der Waals surface area contributed by atoms with E-state index >= 15 is 0 Å². The van der Waals surface area contributed by atoms with Gasteiger partial charge in [-0.1, -0.05) is 0 Å². The van der Waals surface area contributed by atoms with E-state index in [4.69, 9.17) is 20.2 Å². The van der Waals surface area contributed by atoms with Crippen molar-refractivity contribution in [3.63, 3.8) is 0 Å². The summed E-state index contributed by atoms with van der Waals surface area (Å²) < 4.78 is 5.26. The highest BCUT2D eigenvalue weighted by atomic mass is 32.2. The minimum absolute atomic E-state index is 0.0546. The molecule has 5 nitrogen and oxygen atoms in total. The molecule has 22 heavy (non-hydrogen) atoms. The minimum atomic E-state index is -0.237. The van der Waals surface area contributed by atoms with Crippen molar-refractivity contribution >= 4 is 17.4 Å². The lowest BCUT2D eigenvalue weighted by Crippen LogP contribution is -2.00. The summed E-state index contributed by atoms with van der Waals surface area (Å²) in [5.74, 6) is 1.63. The summed E-state index contributed by atoms with van der Waals surface area (Å²) in [5, 5.41) is 29.3. The lowest BCUT2D eigenvalue weighted by Gasteiger charge is -2.06.